The molecule has 0 radical (unpaired) electrons. The maximum Gasteiger partial charge on any atom is 0.173 e. The molecule has 5 rings (SSSR count). The van der Waals surface area contributed by atoms with Crippen molar-refractivity contribution >= 4 is 41.7 Å². The molecule has 0 aromatic heterocycles. The minimum Gasteiger partial charge on any atom is -0.299 e. The van der Waals surface area contributed by atoms with Gasteiger partial charge in [0.25, 0.3) is 0 Å². The number of Topliss-reactive ketones (excluding diaryl/α,β-unsaturated/α-hetero) is 2. The molecule has 3 nitrogen and oxygen atoms in total. The van der Waals surface area contributed by atoms with E-state index in [1.54, 1.807) is 8.93 Å². The fourth-order valence-corrected chi connectivity index (χ4v) is 7.82. The molecular weight excluding hydrogens is 397 g/mol. The second-order valence-electron chi connectivity index (χ2n) is 6.60. The van der Waals surface area contributed by atoms with E-state index in [1.807, 2.05) is 6.07 Å². The van der Waals surface area contributed by atoms with Crippen LogP contribution in [0.2, 0.25) is 0 Å². The second kappa shape index (κ2) is 4.11. The van der Waals surface area contributed by atoms with Gasteiger partial charge in [-0.2, -0.15) is 0 Å². The van der Waals surface area contributed by atoms with Gasteiger partial charge in [-0.1, -0.05) is 33.2 Å². The highest BCUT2D eigenvalue weighted by atomic mass is 127. The quantitative estimate of drug-likeness (QED) is 0.666. The first-order chi connectivity index (χ1) is 10.2. The maximum absolute atomic E-state index is 13.1. The van der Waals surface area contributed by atoms with E-state index in [2.05, 4.69) is 44.3 Å². The van der Waals surface area contributed by atoms with Crippen molar-refractivity contribution < 1.29 is 9.59 Å². The van der Waals surface area contributed by atoms with Crippen LogP contribution in [0.5, 0.6) is 0 Å². The van der Waals surface area contributed by atoms with Gasteiger partial charge < -0.3 is 0 Å². The van der Waals surface area contributed by atoms with Crippen LogP contribution < -0.4 is 0 Å². The molecule has 2 saturated heterocycles. The first-order valence-electron chi connectivity index (χ1n) is 7.42. The summed E-state index contributed by atoms with van der Waals surface area (Å²) in [5.74, 6) is 0.789. The third kappa shape index (κ3) is 1.33. The number of halogens is 1. The Hall–Kier alpha value is -0.400. The molecule has 3 heterocycles. The van der Waals surface area contributed by atoms with E-state index in [9.17, 15) is 9.59 Å². The summed E-state index contributed by atoms with van der Waals surface area (Å²) in [6.45, 7) is 0. The number of piperidine rings is 1. The molecule has 0 amide bonds. The number of ketones is 2. The maximum atomic E-state index is 13.1. The largest absolute Gasteiger partial charge is 0.299 e. The zero-order chi connectivity index (χ0) is 14.4. The molecule has 0 spiro atoms. The minimum atomic E-state index is -0.402. The van der Waals surface area contributed by atoms with Gasteiger partial charge in [-0.3, -0.25) is 14.5 Å². The lowest BCUT2D eigenvalue weighted by Crippen LogP contribution is -2.49. The van der Waals surface area contributed by atoms with Gasteiger partial charge in [-0.15, -0.1) is 0 Å². The first-order valence-corrected chi connectivity index (χ1v) is 10.8. The Labute approximate surface area is 139 Å². The molecule has 4 unspecified atom stereocenters. The molecule has 6 atom stereocenters. The molecule has 4 bridgehead atoms. The number of hydrogen-bond acceptors (Lipinski definition) is 4. The van der Waals surface area contributed by atoms with Crippen LogP contribution >= 0.6 is 30.1 Å². The summed E-state index contributed by atoms with van der Waals surface area (Å²) in [6, 6.07) is 8.74. The van der Waals surface area contributed by atoms with Gasteiger partial charge in [-0.05, 0) is 45.2 Å². The average molecular weight is 411 g/mol. The summed E-state index contributed by atoms with van der Waals surface area (Å²) < 4.78 is -0.402. The summed E-state index contributed by atoms with van der Waals surface area (Å²) in [7, 11) is 1.65. The van der Waals surface area contributed by atoms with E-state index in [0.717, 1.165) is 12.8 Å². The second-order valence-corrected chi connectivity index (χ2v) is 8.80. The Morgan fingerprint density at radius 2 is 2.00 bits per heavy atom. The number of nitrogens with zero attached hydrogens (tertiary/aromatic N) is 1. The highest BCUT2D eigenvalue weighted by molar-refractivity contribution is 14.2. The molecule has 1 aromatic rings. The smallest absolute Gasteiger partial charge is 0.173 e. The van der Waals surface area contributed by atoms with Gasteiger partial charge in [0.15, 0.2) is 5.78 Å². The predicted octanol–water partition coefficient (Wildman–Crippen LogP) is 3.24. The Morgan fingerprint density at radius 3 is 2.76 bits per heavy atom. The average Bonchev–Trinajstić information content (AvgIpc) is 3.09. The number of benzene rings is 1. The van der Waals surface area contributed by atoms with Crippen LogP contribution in [0.3, 0.4) is 0 Å². The molecule has 1 aromatic carbocycles. The molecule has 1 aliphatic carbocycles. The van der Waals surface area contributed by atoms with Gasteiger partial charge in [0.1, 0.15) is 10.5 Å². The van der Waals surface area contributed by atoms with Gasteiger partial charge >= 0.3 is 0 Å². The highest BCUT2D eigenvalue weighted by Gasteiger charge is 2.71. The van der Waals surface area contributed by atoms with E-state index in [4.69, 9.17) is 0 Å². The molecule has 108 valence electrons. The van der Waals surface area contributed by atoms with Gasteiger partial charge in [-0.25, -0.2) is 0 Å². The number of fused-ring (bicyclic) bond motifs is 3. The van der Waals surface area contributed by atoms with Crippen LogP contribution in [0.4, 0.5) is 0 Å². The van der Waals surface area contributed by atoms with E-state index in [-0.39, 0.29) is 24.0 Å². The Morgan fingerprint density at radius 1 is 1.24 bits per heavy atom. The van der Waals surface area contributed by atoms with Gasteiger partial charge in [0.2, 0.25) is 0 Å². The van der Waals surface area contributed by atoms with Crippen molar-refractivity contribution in [2.45, 2.75) is 42.1 Å². The number of hydrogen-bond donors (Lipinski definition) is 0. The molecular formula is C16H14INO2S. The summed E-state index contributed by atoms with van der Waals surface area (Å²) in [5.41, 5.74) is 2.51. The lowest BCUT2D eigenvalue weighted by molar-refractivity contribution is -0.123. The fourth-order valence-electron chi connectivity index (χ4n) is 5.15. The SMILES string of the molecule is O=C1CC[C@@H]2[C@H]1CC1(SI)C(=O)C3c4ccccc4C1N32. The van der Waals surface area contributed by atoms with Crippen molar-refractivity contribution in [3.63, 3.8) is 0 Å². The molecule has 3 fully saturated rings. The van der Waals surface area contributed by atoms with E-state index < -0.39 is 4.75 Å². The zero-order valence-electron chi connectivity index (χ0n) is 11.3. The molecule has 0 N–H and O–H groups in total. The zero-order valence-corrected chi connectivity index (χ0v) is 14.3. The minimum absolute atomic E-state index is 0.0757. The normalized spacial score (nSPS) is 45.9. The van der Waals surface area contributed by atoms with Crippen LogP contribution in [0.25, 0.3) is 0 Å². The summed E-state index contributed by atoms with van der Waals surface area (Å²) >= 11 is 2.28. The first kappa shape index (κ1) is 13.1. The van der Waals surface area contributed by atoms with Crippen molar-refractivity contribution in [2.24, 2.45) is 5.92 Å². The molecule has 21 heavy (non-hydrogen) atoms. The summed E-state index contributed by atoms with van der Waals surface area (Å²) in [6.07, 6.45) is 2.37. The third-order valence-corrected chi connectivity index (χ3v) is 9.12. The van der Waals surface area contributed by atoms with Gasteiger partial charge in [0.05, 0.1) is 12.1 Å². The predicted molar refractivity (Wildman–Crippen MR) is 89.2 cm³/mol. The molecule has 3 aliphatic heterocycles. The highest BCUT2D eigenvalue weighted by Crippen LogP contribution is 2.68. The third-order valence-electron chi connectivity index (χ3n) is 5.90. The standard InChI is InChI=1S/C16H14INO2S/c17-21-16-7-10-11(5-6-12(10)19)18-13(15(16)20)8-3-1-2-4-9(8)14(16)18/h1-4,10-11,13-14H,5-7H2/t10-,11-,13?,14?,16?/m1/s1. The molecule has 1 saturated carbocycles. The Bertz CT molecular complexity index is 693. The lowest BCUT2D eigenvalue weighted by Gasteiger charge is -2.44. The van der Waals surface area contributed by atoms with Crippen molar-refractivity contribution in [3.05, 3.63) is 35.4 Å². The van der Waals surface area contributed by atoms with Crippen LogP contribution in [0.15, 0.2) is 24.3 Å². The molecule has 4 aliphatic rings. The number of carbonyl (C=O) groups is 2. The number of rotatable bonds is 1. The van der Waals surface area contributed by atoms with E-state index in [1.165, 1.54) is 11.1 Å². The number of carbonyl (C=O) groups excluding carboxylic acids is 2. The van der Waals surface area contributed by atoms with Crippen molar-refractivity contribution in [1.29, 1.82) is 0 Å². The van der Waals surface area contributed by atoms with E-state index in [0.29, 0.717) is 18.0 Å². The topological polar surface area (TPSA) is 37.4 Å². The van der Waals surface area contributed by atoms with Crippen molar-refractivity contribution in [1.82, 2.24) is 4.90 Å². The van der Waals surface area contributed by atoms with Crippen LogP contribution in [-0.4, -0.2) is 27.3 Å². The molecule has 5 heteroatoms. The Kier molecular flexibility index (Phi) is 2.56. The lowest BCUT2D eigenvalue weighted by atomic mass is 9.75. The van der Waals surface area contributed by atoms with Crippen LogP contribution in [-0.2, 0) is 9.59 Å². The fraction of sp³-hybridized carbons (Fsp3) is 0.500. The summed E-state index contributed by atoms with van der Waals surface area (Å²) in [4.78, 5) is 27.8. The van der Waals surface area contributed by atoms with Crippen molar-refractivity contribution in [2.75, 3.05) is 0 Å². The Balaban J connectivity index is 1.75. The summed E-state index contributed by atoms with van der Waals surface area (Å²) in [5, 5.41) is 0. The van der Waals surface area contributed by atoms with E-state index >= 15 is 0 Å². The van der Waals surface area contributed by atoms with Crippen molar-refractivity contribution in [3.8, 4) is 0 Å². The monoisotopic (exact) mass is 411 g/mol. The van der Waals surface area contributed by atoms with Crippen LogP contribution in [0.1, 0.15) is 42.5 Å². The van der Waals surface area contributed by atoms with Crippen LogP contribution in [0, 0.1) is 5.92 Å². The van der Waals surface area contributed by atoms with Gasteiger partial charge in [0, 0.05) is 18.4 Å².